The molecule has 0 saturated carbocycles. The summed E-state index contributed by atoms with van der Waals surface area (Å²) in [5, 5.41) is 5.29. The number of hydrogen-bond acceptors (Lipinski definition) is 4. The Labute approximate surface area is 135 Å². The highest BCUT2D eigenvalue weighted by Crippen LogP contribution is 2.22. The van der Waals surface area contributed by atoms with Crippen molar-refractivity contribution < 1.29 is 14.4 Å². The lowest BCUT2D eigenvalue weighted by atomic mass is 10.1. The van der Waals surface area contributed by atoms with Gasteiger partial charge in [-0.25, -0.2) is 0 Å². The quantitative estimate of drug-likeness (QED) is 0.789. The summed E-state index contributed by atoms with van der Waals surface area (Å²) >= 11 is 1.58. The Morgan fingerprint density at radius 2 is 1.73 bits per heavy atom. The van der Waals surface area contributed by atoms with Crippen LogP contribution in [-0.2, 0) is 9.59 Å². The van der Waals surface area contributed by atoms with Crippen molar-refractivity contribution in [1.29, 1.82) is 0 Å². The first-order chi connectivity index (χ1) is 10.1. The molecule has 5 nitrogen and oxygen atoms in total. The number of hydrogen-bond donors (Lipinski definition) is 2. The number of carbonyl (C=O) groups excluding carboxylic acids is 3. The molecule has 0 saturated heterocycles. The fourth-order valence-electron chi connectivity index (χ4n) is 2.00. The van der Waals surface area contributed by atoms with Gasteiger partial charge in [0.2, 0.25) is 11.8 Å². The monoisotopic (exact) mass is 324 g/mol. The van der Waals surface area contributed by atoms with E-state index in [1.54, 1.807) is 11.3 Å². The van der Waals surface area contributed by atoms with Crippen molar-refractivity contribution in [3.63, 3.8) is 0 Å². The van der Waals surface area contributed by atoms with E-state index in [2.05, 4.69) is 10.6 Å². The van der Waals surface area contributed by atoms with Gasteiger partial charge in [-0.3, -0.25) is 14.4 Å². The third-order valence-corrected chi connectivity index (χ3v) is 3.85. The fraction of sp³-hybridized carbons (Fsp3) is 0.562. The summed E-state index contributed by atoms with van der Waals surface area (Å²) in [4.78, 5) is 37.4. The van der Waals surface area contributed by atoms with Gasteiger partial charge in [0.25, 0.3) is 0 Å². The van der Waals surface area contributed by atoms with Crippen molar-refractivity contribution in [2.24, 2.45) is 0 Å². The summed E-state index contributed by atoms with van der Waals surface area (Å²) in [6.07, 6.45) is 0.250. The number of aryl methyl sites for hydroxylation is 2. The molecule has 0 fully saturated rings. The zero-order chi connectivity index (χ0) is 16.9. The third kappa shape index (κ3) is 6.39. The van der Waals surface area contributed by atoms with E-state index < -0.39 is 0 Å². The fourth-order valence-corrected chi connectivity index (χ4v) is 2.94. The van der Waals surface area contributed by atoms with Gasteiger partial charge in [0, 0.05) is 33.7 Å². The topological polar surface area (TPSA) is 75.3 Å². The van der Waals surface area contributed by atoms with Crippen molar-refractivity contribution >= 4 is 28.9 Å². The molecule has 0 unspecified atom stereocenters. The second kappa shape index (κ2) is 7.54. The van der Waals surface area contributed by atoms with Gasteiger partial charge in [-0.05, 0) is 40.7 Å². The number of Topliss-reactive ketones (excluding diaryl/α,β-unsaturated/α-hetero) is 1. The van der Waals surface area contributed by atoms with E-state index >= 15 is 0 Å². The van der Waals surface area contributed by atoms with Crippen molar-refractivity contribution in [1.82, 2.24) is 10.6 Å². The molecule has 2 N–H and O–H groups in total. The summed E-state index contributed by atoms with van der Waals surface area (Å²) in [5.74, 6) is -0.561. The number of thiophene rings is 1. The van der Waals surface area contributed by atoms with Crippen molar-refractivity contribution in [3.8, 4) is 0 Å². The highest BCUT2D eigenvalue weighted by molar-refractivity contribution is 7.12. The lowest BCUT2D eigenvalue weighted by molar-refractivity contribution is -0.126. The van der Waals surface area contributed by atoms with Crippen LogP contribution in [0.5, 0.6) is 0 Å². The van der Waals surface area contributed by atoms with Crippen LogP contribution in [0.1, 0.15) is 53.7 Å². The second-order valence-electron chi connectivity index (χ2n) is 6.32. The number of rotatable bonds is 6. The van der Waals surface area contributed by atoms with Crippen LogP contribution in [0.25, 0.3) is 0 Å². The zero-order valence-electron chi connectivity index (χ0n) is 13.8. The van der Waals surface area contributed by atoms with E-state index in [4.69, 9.17) is 0 Å². The zero-order valence-corrected chi connectivity index (χ0v) is 14.6. The van der Waals surface area contributed by atoms with E-state index in [9.17, 15) is 14.4 Å². The summed E-state index contributed by atoms with van der Waals surface area (Å²) < 4.78 is 0. The second-order valence-corrected chi connectivity index (χ2v) is 7.79. The maximum atomic E-state index is 12.1. The minimum atomic E-state index is -0.327. The first-order valence-corrected chi connectivity index (χ1v) is 8.08. The molecule has 0 aliphatic heterocycles. The normalized spacial score (nSPS) is 11.1. The summed E-state index contributed by atoms with van der Waals surface area (Å²) in [6.45, 7) is 9.40. The molecular weight excluding hydrogens is 300 g/mol. The lowest BCUT2D eigenvalue weighted by Crippen LogP contribution is -2.45. The number of carbonyl (C=O) groups is 3. The number of nitrogens with one attached hydrogen (secondary N) is 2. The SMILES string of the molecule is Cc1cc(C(=O)CCC(=O)NCC(=O)NC(C)(C)C)c(C)s1. The van der Waals surface area contributed by atoms with E-state index in [0.29, 0.717) is 5.56 Å². The van der Waals surface area contributed by atoms with Gasteiger partial charge in [-0.15, -0.1) is 11.3 Å². The van der Waals surface area contributed by atoms with Gasteiger partial charge in [0.1, 0.15) is 0 Å². The summed E-state index contributed by atoms with van der Waals surface area (Å²) in [7, 11) is 0. The van der Waals surface area contributed by atoms with E-state index in [1.807, 2.05) is 40.7 Å². The molecule has 1 aromatic heterocycles. The molecule has 0 aromatic carbocycles. The summed E-state index contributed by atoms with van der Waals surface area (Å²) in [6, 6.07) is 1.86. The molecule has 0 aliphatic rings. The van der Waals surface area contributed by atoms with Crippen LogP contribution in [0.2, 0.25) is 0 Å². The first kappa shape index (κ1) is 18.4. The highest BCUT2D eigenvalue weighted by atomic mass is 32.1. The Morgan fingerprint density at radius 1 is 1.09 bits per heavy atom. The van der Waals surface area contributed by atoms with E-state index in [1.165, 1.54) is 0 Å². The van der Waals surface area contributed by atoms with Crippen molar-refractivity contribution in [2.75, 3.05) is 6.54 Å². The van der Waals surface area contributed by atoms with Gasteiger partial charge < -0.3 is 10.6 Å². The van der Waals surface area contributed by atoms with Crippen molar-refractivity contribution in [2.45, 2.75) is 53.0 Å². The number of amides is 2. The molecule has 2 amide bonds. The average Bonchev–Trinajstić information content (AvgIpc) is 2.70. The smallest absolute Gasteiger partial charge is 0.239 e. The molecular formula is C16H24N2O3S. The minimum absolute atomic E-state index is 0.0313. The Hall–Kier alpha value is -1.69. The molecule has 1 rings (SSSR count). The largest absolute Gasteiger partial charge is 0.350 e. The predicted molar refractivity (Wildman–Crippen MR) is 88.3 cm³/mol. The van der Waals surface area contributed by atoms with Crippen LogP contribution >= 0.6 is 11.3 Å². The highest BCUT2D eigenvalue weighted by Gasteiger charge is 2.16. The van der Waals surface area contributed by atoms with Crippen molar-refractivity contribution in [3.05, 3.63) is 21.4 Å². The van der Waals surface area contributed by atoms with E-state index in [-0.39, 0.29) is 42.5 Å². The molecule has 1 aromatic rings. The van der Waals surface area contributed by atoms with Crippen LogP contribution in [-0.4, -0.2) is 29.7 Å². The maximum absolute atomic E-state index is 12.1. The van der Waals surface area contributed by atoms with Crippen LogP contribution in [0.4, 0.5) is 0 Å². The lowest BCUT2D eigenvalue weighted by Gasteiger charge is -2.20. The van der Waals surface area contributed by atoms with Gasteiger partial charge in [-0.2, -0.15) is 0 Å². The van der Waals surface area contributed by atoms with Crippen LogP contribution in [0, 0.1) is 13.8 Å². The standard InChI is InChI=1S/C16H24N2O3S/c1-10-8-12(11(2)22-10)13(19)6-7-14(20)17-9-15(21)18-16(3,4)5/h8H,6-7,9H2,1-5H3,(H,17,20)(H,18,21). The molecule has 122 valence electrons. The number of ketones is 1. The molecule has 0 radical (unpaired) electrons. The van der Waals surface area contributed by atoms with Gasteiger partial charge in [0.05, 0.1) is 6.54 Å². The van der Waals surface area contributed by atoms with Gasteiger partial charge >= 0.3 is 0 Å². The van der Waals surface area contributed by atoms with Gasteiger partial charge in [-0.1, -0.05) is 0 Å². The molecule has 0 atom stereocenters. The Balaban J connectivity index is 2.36. The van der Waals surface area contributed by atoms with E-state index in [0.717, 1.165) is 9.75 Å². The molecule has 0 aliphatic carbocycles. The molecule has 1 heterocycles. The van der Waals surface area contributed by atoms with Crippen LogP contribution < -0.4 is 10.6 Å². The first-order valence-electron chi connectivity index (χ1n) is 7.26. The predicted octanol–water partition coefficient (Wildman–Crippen LogP) is 2.36. The molecule has 0 bridgehead atoms. The Kier molecular flexibility index (Phi) is 6.29. The summed E-state index contributed by atoms with van der Waals surface area (Å²) in [5.41, 5.74) is 0.368. The Morgan fingerprint density at radius 3 is 2.23 bits per heavy atom. The maximum Gasteiger partial charge on any atom is 0.239 e. The molecule has 6 heteroatoms. The molecule has 22 heavy (non-hydrogen) atoms. The minimum Gasteiger partial charge on any atom is -0.350 e. The van der Waals surface area contributed by atoms with Crippen LogP contribution in [0.3, 0.4) is 0 Å². The van der Waals surface area contributed by atoms with Gasteiger partial charge in [0.15, 0.2) is 5.78 Å². The molecule has 0 spiro atoms. The van der Waals surface area contributed by atoms with Crippen LogP contribution in [0.15, 0.2) is 6.07 Å². The third-order valence-electron chi connectivity index (χ3n) is 2.88. The average molecular weight is 324 g/mol. The Bertz CT molecular complexity index is 570.